The van der Waals surface area contributed by atoms with Crippen LogP contribution in [0.3, 0.4) is 0 Å². The van der Waals surface area contributed by atoms with Crippen molar-refractivity contribution in [3.05, 3.63) is 95.1 Å². The zero-order chi connectivity index (χ0) is 21.2. The molecule has 0 bridgehead atoms. The first-order valence-electron chi connectivity index (χ1n) is 10.8. The molecule has 156 valence electrons. The van der Waals surface area contributed by atoms with Crippen LogP contribution in [0.2, 0.25) is 0 Å². The molecule has 2 heterocycles. The highest BCUT2D eigenvalue weighted by atomic mass is 16.2. The van der Waals surface area contributed by atoms with Gasteiger partial charge in [-0.15, -0.1) is 0 Å². The molecule has 0 aromatic heterocycles. The van der Waals surface area contributed by atoms with Crippen molar-refractivity contribution in [2.45, 2.75) is 13.1 Å². The van der Waals surface area contributed by atoms with Gasteiger partial charge in [-0.2, -0.15) is 0 Å². The van der Waals surface area contributed by atoms with Gasteiger partial charge in [-0.05, 0) is 34.4 Å². The maximum Gasteiger partial charge on any atom is 0.261 e. The van der Waals surface area contributed by atoms with Gasteiger partial charge < -0.3 is 5.32 Å². The Kier molecular flexibility index (Phi) is 5.37. The van der Waals surface area contributed by atoms with Crippen LogP contribution in [0.25, 0.3) is 11.1 Å². The van der Waals surface area contributed by atoms with Crippen molar-refractivity contribution in [2.75, 3.05) is 26.2 Å². The van der Waals surface area contributed by atoms with Gasteiger partial charge in [-0.1, -0.05) is 60.7 Å². The monoisotopic (exact) mass is 411 g/mol. The van der Waals surface area contributed by atoms with E-state index in [1.165, 1.54) is 10.5 Å². The number of piperazine rings is 1. The molecule has 1 saturated heterocycles. The number of nitrogens with zero attached hydrogens (tertiary/aromatic N) is 2. The van der Waals surface area contributed by atoms with Gasteiger partial charge in [0, 0.05) is 32.7 Å². The van der Waals surface area contributed by atoms with E-state index < -0.39 is 0 Å². The van der Waals surface area contributed by atoms with Gasteiger partial charge in [0.2, 0.25) is 0 Å². The van der Waals surface area contributed by atoms with Crippen LogP contribution in [0.1, 0.15) is 31.8 Å². The SMILES string of the molecule is O=C1c2ccccc2C(=O)N1Cc1ccc(-c2ccc(CN3CCNCC3)cc2)cc1. The number of amides is 2. The van der Waals surface area contributed by atoms with Crippen LogP contribution < -0.4 is 5.32 Å². The summed E-state index contributed by atoms with van der Waals surface area (Å²) in [6.45, 7) is 5.58. The maximum absolute atomic E-state index is 12.6. The molecule has 5 rings (SSSR count). The molecular weight excluding hydrogens is 386 g/mol. The van der Waals surface area contributed by atoms with E-state index in [1.54, 1.807) is 24.3 Å². The first-order chi connectivity index (χ1) is 15.2. The topological polar surface area (TPSA) is 52.7 Å². The van der Waals surface area contributed by atoms with E-state index in [9.17, 15) is 9.59 Å². The number of carbonyl (C=O) groups excluding carboxylic acids is 2. The largest absolute Gasteiger partial charge is 0.314 e. The summed E-state index contributed by atoms with van der Waals surface area (Å²) in [5, 5.41) is 3.39. The molecule has 2 amide bonds. The van der Waals surface area contributed by atoms with E-state index in [2.05, 4.69) is 46.6 Å². The zero-order valence-electron chi connectivity index (χ0n) is 17.4. The lowest BCUT2D eigenvalue weighted by molar-refractivity contribution is 0.0642. The van der Waals surface area contributed by atoms with Crippen LogP contribution in [0, 0.1) is 0 Å². The van der Waals surface area contributed by atoms with Crippen molar-refractivity contribution in [3.63, 3.8) is 0 Å². The van der Waals surface area contributed by atoms with Crippen LogP contribution in [0.4, 0.5) is 0 Å². The fourth-order valence-corrected chi connectivity index (χ4v) is 4.30. The van der Waals surface area contributed by atoms with Crippen molar-refractivity contribution >= 4 is 11.8 Å². The first-order valence-corrected chi connectivity index (χ1v) is 10.8. The number of benzene rings is 3. The summed E-state index contributed by atoms with van der Waals surface area (Å²) >= 11 is 0. The van der Waals surface area contributed by atoms with Crippen LogP contribution in [0.15, 0.2) is 72.8 Å². The predicted molar refractivity (Wildman–Crippen MR) is 121 cm³/mol. The number of hydrogen-bond acceptors (Lipinski definition) is 4. The molecular formula is C26H25N3O2. The quantitative estimate of drug-likeness (QED) is 0.653. The summed E-state index contributed by atoms with van der Waals surface area (Å²) in [7, 11) is 0. The van der Waals surface area contributed by atoms with Crippen LogP contribution in [-0.2, 0) is 13.1 Å². The van der Waals surface area contributed by atoms with E-state index in [-0.39, 0.29) is 18.4 Å². The Bertz CT molecular complexity index is 1070. The summed E-state index contributed by atoms with van der Waals surface area (Å²) in [5.41, 5.74) is 5.53. The minimum Gasteiger partial charge on any atom is -0.314 e. The third kappa shape index (κ3) is 4.02. The highest BCUT2D eigenvalue weighted by Gasteiger charge is 2.34. The summed E-state index contributed by atoms with van der Waals surface area (Å²) < 4.78 is 0. The fourth-order valence-electron chi connectivity index (χ4n) is 4.30. The summed E-state index contributed by atoms with van der Waals surface area (Å²) in [6, 6.07) is 23.8. The number of rotatable bonds is 5. The van der Waals surface area contributed by atoms with Crippen LogP contribution in [0.5, 0.6) is 0 Å². The third-order valence-corrected chi connectivity index (χ3v) is 6.08. The molecule has 2 aliphatic heterocycles. The predicted octanol–water partition coefficient (Wildman–Crippen LogP) is 3.56. The van der Waals surface area contributed by atoms with E-state index >= 15 is 0 Å². The summed E-state index contributed by atoms with van der Waals surface area (Å²) in [4.78, 5) is 28.9. The van der Waals surface area contributed by atoms with Gasteiger partial charge in [0.1, 0.15) is 0 Å². The number of carbonyl (C=O) groups is 2. The van der Waals surface area contributed by atoms with Crippen molar-refractivity contribution < 1.29 is 9.59 Å². The van der Waals surface area contributed by atoms with Gasteiger partial charge in [0.05, 0.1) is 17.7 Å². The Hall–Kier alpha value is -3.28. The number of fused-ring (bicyclic) bond motifs is 1. The number of nitrogens with one attached hydrogen (secondary N) is 1. The second kappa shape index (κ2) is 8.46. The Morgan fingerprint density at radius 2 is 1.13 bits per heavy atom. The second-order valence-corrected chi connectivity index (χ2v) is 8.16. The van der Waals surface area contributed by atoms with E-state index in [0.717, 1.165) is 49.4 Å². The molecule has 1 fully saturated rings. The molecule has 0 aliphatic carbocycles. The van der Waals surface area contributed by atoms with Gasteiger partial charge in [-0.25, -0.2) is 0 Å². The molecule has 0 unspecified atom stereocenters. The lowest BCUT2D eigenvalue weighted by Gasteiger charge is -2.27. The lowest BCUT2D eigenvalue weighted by atomic mass is 10.0. The van der Waals surface area contributed by atoms with Crippen molar-refractivity contribution in [2.24, 2.45) is 0 Å². The smallest absolute Gasteiger partial charge is 0.261 e. The second-order valence-electron chi connectivity index (χ2n) is 8.16. The van der Waals surface area contributed by atoms with E-state index in [0.29, 0.717) is 11.1 Å². The molecule has 5 nitrogen and oxygen atoms in total. The Labute approximate surface area is 182 Å². The molecule has 3 aromatic rings. The lowest BCUT2D eigenvalue weighted by Crippen LogP contribution is -2.42. The zero-order valence-corrected chi connectivity index (χ0v) is 17.4. The van der Waals surface area contributed by atoms with Crippen LogP contribution in [-0.4, -0.2) is 47.8 Å². The molecule has 0 spiro atoms. The standard InChI is InChI=1S/C26H25N3O2/c30-25-23-3-1-2-4-24(23)26(31)29(25)18-20-7-11-22(12-8-20)21-9-5-19(6-10-21)17-28-15-13-27-14-16-28/h1-12,27H,13-18H2. The molecule has 31 heavy (non-hydrogen) atoms. The summed E-state index contributed by atoms with van der Waals surface area (Å²) in [5.74, 6) is -0.436. The van der Waals surface area contributed by atoms with Gasteiger partial charge in [-0.3, -0.25) is 19.4 Å². The normalized spacial score (nSPS) is 16.6. The van der Waals surface area contributed by atoms with Crippen LogP contribution >= 0.6 is 0 Å². The molecule has 5 heteroatoms. The highest BCUT2D eigenvalue weighted by molar-refractivity contribution is 6.21. The first kappa shape index (κ1) is 19.7. The molecule has 0 saturated carbocycles. The maximum atomic E-state index is 12.6. The number of hydrogen-bond donors (Lipinski definition) is 1. The van der Waals surface area contributed by atoms with Crippen molar-refractivity contribution in [1.82, 2.24) is 15.1 Å². The molecule has 1 N–H and O–H groups in total. The Balaban J connectivity index is 1.25. The highest BCUT2D eigenvalue weighted by Crippen LogP contribution is 2.26. The number of imide groups is 1. The Morgan fingerprint density at radius 1 is 0.645 bits per heavy atom. The van der Waals surface area contributed by atoms with E-state index in [4.69, 9.17) is 0 Å². The van der Waals surface area contributed by atoms with Crippen molar-refractivity contribution in [3.8, 4) is 11.1 Å². The molecule has 2 aliphatic rings. The van der Waals surface area contributed by atoms with Gasteiger partial charge in [0.15, 0.2) is 0 Å². The third-order valence-electron chi connectivity index (χ3n) is 6.08. The molecule has 3 aromatic carbocycles. The average molecular weight is 412 g/mol. The minimum atomic E-state index is -0.218. The molecule has 0 radical (unpaired) electrons. The van der Waals surface area contributed by atoms with Crippen molar-refractivity contribution in [1.29, 1.82) is 0 Å². The fraction of sp³-hybridized carbons (Fsp3) is 0.231. The summed E-state index contributed by atoms with van der Waals surface area (Å²) in [6.07, 6.45) is 0. The molecule has 0 atom stereocenters. The average Bonchev–Trinajstić information content (AvgIpc) is 3.06. The minimum absolute atomic E-state index is 0.218. The Morgan fingerprint density at radius 3 is 1.65 bits per heavy atom. The van der Waals surface area contributed by atoms with E-state index in [1.807, 2.05) is 12.1 Å². The van der Waals surface area contributed by atoms with Gasteiger partial charge >= 0.3 is 0 Å². The van der Waals surface area contributed by atoms with Gasteiger partial charge in [0.25, 0.3) is 11.8 Å².